The van der Waals surface area contributed by atoms with Gasteiger partial charge in [-0.1, -0.05) is 18.2 Å². The van der Waals surface area contributed by atoms with E-state index < -0.39 is 0 Å². The lowest BCUT2D eigenvalue weighted by Crippen LogP contribution is -2.08. The van der Waals surface area contributed by atoms with E-state index in [0.717, 1.165) is 41.7 Å². The largest absolute Gasteiger partial charge is 0.497 e. The standard InChI is InChI=1S/C21H24N4O2/c1-15-12-20(22-11-10-16-6-4-8-18(13-16)26-2)25-21(23-15)24-17-7-5-9-19(14-17)27-3/h4-9,12-14H,10-11H2,1-3H3,(H2,22,23,24,25). The van der Waals surface area contributed by atoms with Crippen LogP contribution in [0.15, 0.2) is 54.6 Å². The maximum atomic E-state index is 5.27. The van der Waals surface area contributed by atoms with Gasteiger partial charge < -0.3 is 20.1 Å². The number of aryl methyl sites for hydroxylation is 1. The smallest absolute Gasteiger partial charge is 0.229 e. The fourth-order valence-corrected chi connectivity index (χ4v) is 2.71. The lowest BCUT2D eigenvalue weighted by molar-refractivity contribution is 0.414. The van der Waals surface area contributed by atoms with Crippen molar-refractivity contribution < 1.29 is 9.47 Å². The quantitative estimate of drug-likeness (QED) is 0.624. The molecule has 3 aromatic rings. The number of hydrogen-bond donors (Lipinski definition) is 2. The van der Waals surface area contributed by atoms with Crippen LogP contribution in [0.4, 0.5) is 17.5 Å². The first-order chi connectivity index (χ1) is 13.2. The highest BCUT2D eigenvalue weighted by molar-refractivity contribution is 5.57. The molecule has 1 aromatic heterocycles. The Labute approximate surface area is 159 Å². The third kappa shape index (κ3) is 5.34. The summed E-state index contributed by atoms with van der Waals surface area (Å²) >= 11 is 0. The van der Waals surface area contributed by atoms with Gasteiger partial charge in [-0.25, -0.2) is 4.98 Å². The fraction of sp³-hybridized carbons (Fsp3) is 0.238. The van der Waals surface area contributed by atoms with Gasteiger partial charge in [0.15, 0.2) is 0 Å². The predicted octanol–water partition coefficient (Wildman–Crippen LogP) is 4.20. The van der Waals surface area contributed by atoms with E-state index in [1.807, 2.05) is 55.5 Å². The Morgan fingerprint density at radius 2 is 1.63 bits per heavy atom. The summed E-state index contributed by atoms with van der Waals surface area (Å²) in [5, 5.41) is 6.59. The second-order valence-electron chi connectivity index (χ2n) is 6.10. The molecule has 0 amide bonds. The summed E-state index contributed by atoms with van der Waals surface area (Å²) in [6.45, 7) is 2.72. The van der Waals surface area contributed by atoms with Crippen molar-refractivity contribution in [1.29, 1.82) is 0 Å². The highest BCUT2D eigenvalue weighted by Gasteiger charge is 2.04. The van der Waals surface area contributed by atoms with Gasteiger partial charge in [0.1, 0.15) is 17.3 Å². The molecule has 2 N–H and O–H groups in total. The molecule has 0 aliphatic rings. The van der Waals surface area contributed by atoms with E-state index in [9.17, 15) is 0 Å². The predicted molar refractivity (Wildman–Crippen MR) is 108 cm³/mol. The van der Waals surface area contributed by atoms with E-state index >= 15 is 0 Å². The van der Waals surface area contributed by atoms with Crippen LogP contribution in [-0.2, 0) is 6.42 Å². The normalized spacial score (nSPS) is 10.3. The molecule has 140 valence electrons. The molecule has 0 fully saturated rings. The van der Waals surface area contributed by atoms with Crippen LogP contribution in [0.1, 0.15) is 11.3 Å². The number of nitrogens with one attached hydrogen (secondary N) is 2. The molecule has 6 heteroatoms. The van der Waals surface area contributed by atoms with Crippen molar-refractivity contribution in [1.82, 2.24) is 9.97 Å². The first-order valence-electron chi connectivity index (χ1n) is 8.80. The number of aromatic nitrogens is 2. The number of anilines is 3. The van der Waals surface area contributed by atoms with Crippen LogP contribution >= 0.6 is 0 Å². The Bertz CT molecular complexity index is 899. The van der Waals surface area contributed by atoms with Crippen molar-refractivity contribution in [3.63, 3.8) is 0 Å². The zero-order valence-electron chi connectivity index (χ0n) is 15.8. The van der Waals surface area contributed by atoms with Crippen LogP contribution in [0.25, 0.3) is 0 Å². The maximum Gasteiger partial charge on any atom is 0.229 e. The second kappa shape index (κ2) is 8.89. The molecule has 3 rings (SSSR count). The molecule has 0 aliphatic carbocycles. The van der Waals surface area contributed by atoms with E-state index in [0.29, 0.717) is 5.95 Å². The molecule has 0 atom stereocenters. The Morgan fingerprint density at radius 1 is 0.889 bits per heavy atom. The van der Waals surface area contributed by atoms with Gasteiger partial charge in [-0.3, -0.25) is 0 Å². The van der Waals surface area contributed by atoms with E-state index in [-0.39, 0.29) is 0 Å². The topological polar surface area (TPSA) is 68.3 Å². The van der Waals surface area contributed by atoms with Gasteiger partial charge in [-0.2, -0.15) is 4.98 Å². The number of ether oxygens (including phenoxy) is 2. The highest BCUT2D eigenvalue weighted by atomic mass is 16.5. The SMILES string of the molecule is COc1cccc(CCNc2cc(C)nc(Nc3cccc(OC)c3)n2)c1. The van der Waals surface area contributed by atoms with E-state index in [1.54, 1.807) is 14.2 Å². The maximum absolute atomic E-state index is 5.27. The molecule has 0 aliphatic heterocycles. The van der Waals surface area contributed by atoms with Crippen molar-refractivity contribution in [3.8, 4) is 11.5 Å². The summed E-state index contributed by atoms with van der Waals surface area (Å²) in [5.41, 5.74) is 2.98. The molecular formula is C21H24N4O2. The van der Waals surface area contributed by atoms with E-state index in [2.05, 4.69) is 26.7 Å². The van der Waals surface area contributed by atoms with Gasteiger partial charge in [-0.15, -0.1) is 0 Å². The minimum atomic E-state index is 0.548. The molecule has 0 unspecified atom stereocenters. The zero-order valence-corrected chi connectivity index (χ0v) is 15.8. The number of rotatable bonds is 8. The Balaban J connectivity index is 1.64. The van der Waals surface area contributed by atoms with E-state index in [4.69, 9.17) is 9.47 Å². The third-order valence-corrected chi connectivity index (χ3v) is 4.03. The molecule has 0 saturated heterocycles. The molecule has 1 heterocycles. The molecular weight excluding hydrogens is 340 g/mol. The lowest BCUT2D eigenvalue weighted by atomic mass is 10.1. The fourth-order valence-electron chi connectivity index (χ4n) is 2.71. The first-order valence-corrected chi connectivity index (χ1v) is 8.80. The van der Waals surface area contributed by atoms with Gasteiger partial charge in [-0.05, 0) is 43.2 Å². The van der Waals surface area contributed by atoms with Crippen molar-refractivity contribution >= 4 is 17.5 Å². The monoisotopic (exact) mass is 364 g/mol. The van der Waals surface area contributed by atoms with Gasteiger partial charge in [0.2, 0.25) is 5.95 Å². The van der Waals surface area contributed by atoms with Crippen molar-refractivity contribution in [2.75, 3.05) is 31.4 Å². The molecule has 0 spiro atoms. The highest BCUT2D eigenvalue weighted by Crippen LogP contribution is 2.20. The molecule has 27 heavy (non-hydrogen) atoms. The summed E-state index contributed by atoms with van der Waals surface area (Å²) in [5.74, 6) is 2.99. The summed E-state index contributed by atoms with van der Waals surface area (Å²) < 4.78 is 10.5. The zero-order chi connectivity index (χ0) is 19.1. The molecule has 0 bridgehead atoms. The second-order valence-corrected chi connectivity index (χ2v) is 6.10. The third-order valence-electron chi connectivity index (χ3n) is 4.03. The number of methoxy groups -OCH3 is 2. The number of nitrogens with zero attached hydrogens (tertiary/aromatic N) is 2. The van der Waals surface area contributed by atoms with Crippen LogP contribution in [0.3, 0.4) is 0 Å². The van der Waals surface area contributed by atoms with Crippen LogP contribution in [0, 0.1) is 6.92 Å². The molecule has 6 nitrogen and oxygen atoms in total. The first kappa shape index (κ1) is 18.5. The summed E-state index contributed by atoms with van der Waals surface area (Å²) in [6.07, 6.45) is 0.874. The van der Waals surface area contributed by atoms with E-state index in [1.165, 1.54) is 5.56 Å². The minimum absolute atomic E-state index is 0.548. The van der Waals surface area contributed by atoms with Crippen molar-refractivity contribution in [2.24, 2.45) is 0 Å². The van der Waals surface area contributed by atoms with Crippen molar-refractivity contribution in [2.45, 2.75) is 13.3 Å². The lowest BCUT2D eigenvalue weighted by Gasteiger charge is -2.11. The number of benzene rings is 2. The van der Waals surface area contributed by atoms with Crippen LogP contribution in [0.2, 0.25) is 0 Å². The van der Waals surface area contributed by atoms with Crippen LogP contribution in [-0.4, -0.2) is 30.7 Å². The van der Waals surface area contributed by atoms with Gasteiger partial charge in [0.05, 0.1) is 14.2 Å². The Morgan fingerprint density at radius 3 is 2.41 bits per heavy atom. The van der Waals surface area contributed by atoms with Crippen LogP contribution in [0.5, 0.6) is 11.5 Å². The van der Waals surface area contributed by atoms with Crippen LogP contribution < -0.4 is 20.1 Å². The average Bonchev–Trinajstić information content (AvgIpc) is 2.68. The molecule has 0 radical (unpaired) electrons. The summed E-state index contributed by atoms with van der Waals surface area (Å²) in [6, 6.07) is 17.7. The molecule has 0 saturated carbocycles. The Hall–Kier alpha value is -3.28. The average molecular weight is 364 g/mol. The number of hydrogen-bond acceptors (Lipinski definition) is 6. The molecule has 2 aromatic carbocycles. The summed E-state index contributed by atoms with van der Waals surface area (Å²) in [7, 11) is 3.32. The van der Waals surface area contributed by atoms with Gasteiger partial charge in [0, 0.05) is 30.1 Å². The Kier molecular flexibility index (Phi) is 6.10. The summed E-state index contributed by atoms with van der Waals surface area (Å²) in [4.78, 5) is 9.00. The van der Waals surface area contributed by atoms with Gasteiger partial charge >= 0.3 is 0 Å². The van der Waals surface area contributed by atoms with Crippen molar-refractivity contribution in [3.05, 3.63) is 65.9 Å². The van der Waals surface area contributed by atoms with Gasteiger partial charge in [0.25, 0.3) is 0 Å². The minimum Gasteiger partial charge on any atom is -0.497 e.